The average molecular weight is 431 g/mol. The van der Waals surface area contributed by atoms with Crippen LogP contribution in [0.25, 0.3) is 0 Å². The Morgan fingerprint density at radius 3 is 1.74 bits per heavy atom. The smallest absolute Gasteiger partial charge is 0.335 e. The Bertz CT molecular complexity index is 540. The zero-order valence-electron chi connectivity index (χ0n) is 20.3. The van der Waals surface area contributed by atoms with Gasteiger partial charge in [-0.2, -0.15) is 0 Å². The number of ether oxygens (including phenoxy) is 2. The molecule has 0 saturated carbocycles. The largest absolute Gasteiger partial charge is 0.464 e. The molecule has 0 amide bonds. The first kappa shape index (κ1) is 29.1. The molecule has 0 aliphatic heterocycles. The number of allylic oxidation sites excluding steroid dienone is 10. The zero-order valence-corrected chi connectivity index (χ0v) is 20.3. The van der Waals surface area contributed by atoms with Gasteiger partial charge in [0.05, 0.1) is 6.61 Å². The van der Waals surface area contributed by atoms with Crippen molar-refractivity contribution in [2.75, 3.05) is 13.2 Å². The van der Waals surface area contributed by atoms with E-state index in [9.17, 15) is 4.79 Å². The lowest BCUT2D eigenvalue weighted by Crippen LogP contribution is -2.26. The summed E-state index contributed by atoms with van der Waals surface area (Å²) in [5.41, 5.74) is 0. The van der Waals surface area contributed by atoms with Crippen molar-refractivity contribution >= 4 is 5.97 Å². The standard InChI is InChI=1S/C28H46O3/c1-4-7-9-10-11-12-13-14-15-16-17-18-19-20-21-22-23-24-26-30-27(6-3)28(29)31-25-8-5-2/h7,9,11-12,14-15,17-18,20-21,27H,4-6,8,10,13,16,19,22-26H2,1-3H3/b9-7-,12-11-,15-14-,18-17-,21-20-. The predicted molar refractivity (Wildman–Crippen MR) is 134 cm³/mol. The Balaban J connectivity index is 3.62. The number of unbranched alkanes of at least 4 members (excludes halogenated alkanes) is 3. The van der Waals surface area contributed by atoms with Crippen molar-refractivity contribution in [3.63, 3.8) is 0 Å². The molecule has 0 N–H and O–H groups in total. The summed E-state index contributed by atoms with van der Waals surface area (Å²) in [6.45, 7) is 7.32. The van der Waals surface area contributed by atoms with E-state index in [1.807, 2.05) is 6.92 Å². The molecule has 0 aromatic carbocycles. The molecular weight excluding hydrogens is 384 g/mol. The van der Waals surface area contributed by atoms with Crippen LogP contribution in [0.15, 0.2) is 60.8 Å². The highest BCUT2D eigenvalue weighted by molar-refractivity contribution is 5.74. The van der Waals surface area contributed by atoms with Gasteiger partial charge in [-0.05, 0) is 64.2 Å². The number of carbonyl (C=O) groups excluding carboxylic acids is 1. The fourth-order valence-corrected chi connectivity index (χ4v) is 2.72. The molecule has 176 valence electrons. The Kier molecular flexibility index (Phi) is 22.9. The van der Waals surface area contributed by atoms with Crippen LogP contribution in [-0.4, -0.2) is 25.3 Å². The molecule has 3 nitrogen and oxygen atoms in total. The summed E-state index contributed by atoms with van der Waals surface area (Å²) in [4.78, 5) is 11.9. The summed E-state index contributed by atoms with van der Waals surface area (Å²) in [5, 5.41) is 0. The van der Waals surface area contributed by atoms with Crippen LogP contribution in [0.3, 0.4) is 0 Å². The summed E-state index contributed by atoms with van der Waals surface area (Å²) < 4.78 is 10.9. The van der Waals surface area contributed by atoms with Crippen LogP contribution >= 0.6 is 0 Å². The highest BCUT2D eigenvalue weighted by Crippen LogP contribution is 2.06. The first-order valence-corrected chi connectivity index (χ1v) is 12.3. The lowest BCUT2D eigenvalue weighted by Gasteiger charge is -2.15. The first-order valence-electron chi connectivity index (χ1n) is 12.3. The van der Waals surface area contributed by atoms with Crippen LogP contribution in [0.4, 0.5) is 0 Å². The monoisotopic (exact) mass is 430 g/mol. The molecular formula is C28H46O3. The van der Waals surface area contributed by atoms with Crippen LogP contribution < -0.4 is 0 Å². The van der Waals surface area contributed by atoms with E-state index in [-0.39, 0.29) is 5.97 Å². The summed E-state index contributed by atoms with van der Waals surface area (Å²) >= 11 is 0. The van der Waals surface area contributed by atoms with Gasteiger partial charge >= 0.3 is 5.97 Å². The topological polar surface area (TPSA) is 35.5 Å². The lowest BCUT2D eigenvalue weighted by molar-refractivity contribution is -0.157. The molecule has 0 saturated heterocycles. The van der Waals surface area contributed by atoms with Gasteiger partial charge in [-0.15, -0.1) is 0 Å². The summed E-state index contributed by atoms with van der Waals surface area (Å²) in [5.74, 6) is -0.214. The van der Waals surface area contributed by atoms with Gasteiger partial charge in [0.25, 0.3) is 0 Å². The van der Waals surface area contributed by atoms with E-state index in [1.54, 1.807) is 0 Å². The molecule has 0 radical (unpaired) electrons. The number of esters is 1. The number of rotatable bonds is 20. The molecule has 0 aromatic heterocycles. The normalized spacial score (nSPS) is 13.5. The van der Waals surface area contributed by atoms with Gasteiger partial charge in [-0.1, -0.05) is 88.0 Å². The first-order chi connectivity index (χ1) is 15.3. The van der Waals surface area contributed by atoms with Crippen LogP contribution in [0.5, 0.6) is 0 Å². The van der Waals surface area contributed by atoms with Gasteiger partial charge in [-0.3, -0.25) is 0 Å². The van der Waals surface area contributed by atoms with Crippen LogP contribution in [-0.2, 0) is 14.3 Å². The average Bonchev–Trinajstić information content (AvgIpc) is 2.78. The summed E-state index contributed by atoms with van der Waals surface area (Å²) in [7, 11) is 0. The molecule has 0 heterocycles. The van der Waals surface area contributed by atoms with E-state index in [0.29, 0.717) is 19.6 Å². The third kappa shape index (κ3) is 21.2. The third-order valence-electron chi connectivity index (χ3n) is 4.62. The molecule has 0 fully saturated rings. The zero-order chi connectivity index (χ0) is 22.8. The number of hydrogen-bond donors (Lipinski definition) is 0. The lowest BCUT2D eigenvalue weighted by atomic mass is 10.2. The Morgan fingerprint density at radius 2 is 1.23 bits per heavy atom. The maximum Gasteiger partial charge on any atom is 0.335 e. The van der Waals surface area contributed by atoms with Gasteiger partial charge in [-0.25, -0.2) is 4.79 Å². The van der Waals surface area contributed by atoms with Crippen molar-refractivity contribution in [1.82, 2.24) is 0 Å². The van der Waals surface area contributed by atoms with Crippen LogP contribution in [0.1, 0.15) is 91.4 Å². The maximum absolute atomic E-state index is 11.9. The van der Waals surface area contributed by atoms with Crippen molar-refractivity contribution in [2.45, 2.75) is 97.5 Å². The van der Waals surface area contributed by atoms with Gasteiger partial charge in [0.15, 0.2) is 6.10 Å². The van der Waals surface area contributed by atoms with Gasteiger partial charge < -0.3 is 9.47 Å². The Morgan fingerprint density at radius 1 is 0.677 bits per heavy atom. The van der Waals surface area contributed by atoms with Crippen LogP contribution in [0.2, 0.25) is 0 Å². The summed E-state index contributed by atoms with van der Waals surface area (Å²) in [6, 6.07) is 0. The van der Waals surface area contributed by atoms with E-state index < -0.39 is 6.10 Å². The van der Waals surface area contributed by atoms with E-state index in [1.165, 1.54) is 0 Å². The minimum Gasteiger partial charge on any atom is -0.464 e. The number of carbonyl (C=O) groups is 1. The molecule has 31 heavy (non-hydrogen) atoms. The Labute approximate surface area is 192 Å². The van der Waals surface area contributed by atoms with E-state index in [0.717, 1.165) is 64.2 Å². The SMILES string of the molecule is CC/C=C\C/C=C\C/C=C\C/C=C\C/C=C\CCCCOC(CC)C(=O)OCCCC. The minimum absolute atomic E-state index is 0.214. The summed E-state index contributed by atoms with van der Waals surface area (Å²) in [6.07, 6.45) is 32.6. The van der Waals surface area contributed by atoms with Crippen molar-refractivity contribution in [3.05, 3.63) is 60.8 Å². The molecule has 0 spiro atoms. The highest BCUT2D eigenvalue weighted by atomic mass is 16.6. The highest BCUT2D eigenvalue weighted by Gasteiger charge is 2.17. The second-order valence-electron chi connectivity index (χ2n) is 7.49. The van der Waals surface area contributed by atoms with Gasteiger partial charge in [0.2, 0.25) is 0 Å². The van der Waals surface area contributed by atoms with E-state index in [4.69, 9.17) is 9.47 Å². The molecule has 0 aliphatic carbocycles. The van der Waals surface area contributed by atoms with Gasteiger partial charge in [0.1, 0.15) is 0 Å². The maximum atomic E-state index is 11.9. The molecule has 0 bridgehead atoms. The van der Waals surface area contributed by atoms with Crippen molar-refractivity contribution < 1.29 is 14.3 Å². The molecule has 0 rings (SSSR count). The fraction of sp³-hybridized carbons (Fsp3) is 0.607. The second kappa shape index (κ2) is 24.4. The van der Waals surface area contributed by atoms with Crippen molar-refractivity contribution in [3.8, 4) is 0 Å². The quantitative estimate of drug-likeness (QED) is 0.111. The van der Waals surface area contributed by atoms with Crippen molar-refractivity contribution in [2.24, 2.45) is 0 Å². The molecule has 0 aromatic rings. The number of hydrogen-bond acceptors (Lipinski definition) is 3. The Hall–Kier alpha value is -1.87. The molecule has 3 heteroatoms. The van der Waals surface area contributed by atoms with E-state index in [2.05, 4.69) is 74.6 Å². The second-order valence-corrected chi connectivity index (χ2v) is 7.49. The molecule has 0 aliphatic rings. The fourth-order valence-electron chi connectivity index (χ4n) is 2.72. The predicted octanol–water partition coefficient (Wildman–Crippen LogP) is 8.05. The van der Waals surface area contributed by atoms with Crippen molar-refractivity contribution in [1.29, 1.82) is 0 Å². The molecule has 1 atom stereocenters. The minimum atomic E-state index is -0.412. The van der Waals surface area contributed by atoms with E-state index >= 15 is 0 Å². The third-order valence-corrected chi connectivity index (χ3v) is 4.62. The van der Waals surface area contributed by atoms with Crippen LogP contribution in [0, 0.1) is 0 Å². The molecule has 1 unspecified atom stereocenters. The van der Waals surface area contributed by atoms with Gasteiger partial charge in [0, 0.05) is 6.61 Å².